The average molecular weight is 195 g/mol. The van der Waals surface area contributed by atoms with Crippen LogP contribution >= 0.6 is 0 Å². The molecular weight excluding hydrogens is 182 g/mol. The maximum Gasteiger partial charge on any atom is 0.235 e. The molecule has 1 aromatic rings. The molecule has 1 N–H and O–H groups in total. The van der Waals surface area contributed by atoms with Crippen LogP contribution in [0.2, 0.25) is 0 Å². The van der Waals surface area contributed by atoms with E-state index in [1.54, 1.807) is 19.5 Å². The maximum atomic E-state index is 5.60. The lowest BCUT2D eigenvalue weighted by Crippen LogP contribution is -2.20. The summed E-state index contributed by atoms with van der Waals surface area (Å²) in [4.78, 5) is 8.08. The number of hydrogen-bond donors (Lipinski definition) is 1. The van der Waals surface area contributed by atoms with E-state index in [0.29, 0.717) is 11.8 Å². The molecule has 14 heavy (non-hydrogen) atoms. The summed E-state index contributed by atoms with van der Waals surface area (Å²) in [5.41, 5.74) is 0. The fraction of sp³-hybridized carbons (Fsp3) is 0.556. The van der Waals surface area contributed by atoms with E-state index in [2.05, 4.69) is 15.3 Å². The monoisotopic (exact) mass is 195 g/mol. The first-order valence-corrected chi connectivity index (χ1v) is 4.62. The van der Waals surface area contributed by atoms with Crippen LogP contribution in [0.15, 0.2) is 12.4 Å². The summed E-state index contributed by atoms with van der Waals surface area (Å²) in [6, 6.07) is 0. The van der Waals surface area contributed by atoms with E-state index < -0.39 is 0 Å². The Balaban J connectivity index is 2.00. The van der Waals surface area contributed by atoms with E-state index in [1.165, 1.54) is 0 Å². The van der Waals surface area contributed by atoms with Crippen molar-refractivity contribution in [3.05, 3.63) is 12.4 Å². The van der Waals surface area contributed by atoms with Gasteiger partial charge in [-0.2, -0.15) is 4.98 Å². The van der Waals surface area contributed by atoms with Crippen LogP contribution in [-0.2, 0) is 0 Å². The minimum Gasteiger partial charge on any atom is -0.480 e. The largest absolute Gasteiger partial charge is 0.480 e. The Hall–Kier alpha value is -1.36. The Morgan fingerprint density at radius 3 is 3.00 bits per heavy atom. The van der Waals surface area contributed by atoms with Crippen molar-refractivity contribution >= 4 is 0 Å². The molecule has 1 unspecified atom stereocenters. The number of aromatic nitrogens is 2. The van der Waals surface area contributed by atoms with Crippen LogP contribution in [0.4, 0.5) is 0 Å². The summed E-state index contributed by atoms with van der Waals surface area (Å²) in [7, 11) is 1.56. The van der Waals surface area contributed by atoms with Gasteiger partial charge in [0.2, 0.25) is 11.8 Å². The topological polar surface area (TPSA) is 56.3 Å². The molecule has 1 aliphatic rings. The number of rotatable bonds is 3. The molecule has 0 radical (unpaired) electrons. The Morgan fingerprint density at radius 2 is 2.29 bits per heavy atom. The number of hydrogen-bond acceptors (Lipinski definition) is 5. The predicted molar refractivity (Wildman–Crippen MR) is 50.5 cm³/mol. The first-order chi connectivity index (χ1) is 6.88. The standard InChI is InChI=1S/C9H13N3O2/c1-13-8-5-11-6-9(12-8)14-7-2-3-10-4-7/h5-7,10H,2-4H2,1H3. The van der Waals surface area contributed by atoms with Crippen molar-refractivity contribution < 1.29 is 9.47 Å². The summed E-state index contributed by atoms with van der Waals surface area (Å²) in [5.74, 6) is 1.01. The van der Waals surface area contributed by atoms with Gasteiger partial charge in [-0.15, -0.1) is 0 Å². The molecule has 0 bridgehead atoms. The van der Waals surface area contributed by atoms with Gasteiger partial charge < -0.3 is 14.8 Å². The normalized spacial score (nSPS) is 20.8. The molecule has 1 atom stereocenters. The zero-order valence-electron chi connectivity index (χ0n) is 8.06. The molecule has 0 saturated carbocycles. The second kappa shape index (κ2) is 4.23. The lowest BCUT2D eigenvalue weighted by molar-refractivity contribution is 0.210. The second-order valence-electron chi connectivity index (χ2n) is 3.13. The molecule has 0 amide bonds. The van der Waals surface area contributed by atoms with Crippen molar-refractivity contribution in [1.82, 2.24) is 15.3 Å². The third-order valence-corrected chi connectivity index (χ3v) is 2.10. The van der Waals surface area contributed by atoms with Crippen molar-refractivity contribution in [2.45, 2.75) is 12.5 Å². The molecule has 2 rings (SSSR count). The number of ether oxygens (including phenoxy) is 2. The maximum absolute atomic E-state index is 5.60. The first kappa shape index (κ1) is 9.21. The Bertz CT molecular complexity index is 300. The van der Waals surface area contributed by atoms with Gasteiger partial charge in [-0.3, -0.25) is 4.98 Å². The molecule has 0 aromatic carbocycles. The molecule has 5 heteroatoms. The molecule has 76 valence electrons. The van der Waals surface area contributed by atoms with Gasteiger partial charge in [-0.25, -0.2) is 0 Å². The third-order valence-electron chi connectivity index (χ3n) is 2.10. The van der Waals surface area contributed by atoms with Gasteiger partial charge in [0.15, 0.2) is 0 Å². The molecule has 2 heterocycles. The van der Waals surface area contributed by atoms with E-state index in [1.807, 2.05) is 0 Å². The summed E-state index contributed by atoms with van der Waals surface area (Å²) >= 11 is 0. The van der Waals surface area contributed by atoms with Gasteiger partial charge in [-0.05, 0) is 13.0 Å². The lowest BCUT2D eigenvalue weighted by atomic mass is 10.3. The SMILES string of the molecule is COc1cncc(OC2CCNC2)n1. The fourth-order valence-electron chi connectivity index (χ4n) is 1.39. The second-order valence-corrected chi connectivity index (χ2v) is 3.13. The van der Waals surface area contributed by atoms with E-state index in [-0.39, 0.29) is 6.10 Å². The van der Waals surface area contributed by atoms with Crippen molar-refractivity contribution in [3.8, 4) is 11.8 Å². The van der Waals surface area contributed by atoms with Gasteiger partial charge in [0.05, 0.1) is 19.5 Å². The Morgan fingerprint density at radius 1 is 1.43 bits per heavy atom. The van der Waals surface area contributed by atoms with E-state index >= 15 is 0 Å². The molecular formula is C9H13N3O2. The molecule has 5 nitrogen and oxygen atoms in total. The van der Waals surface area contributed by atoms with Gasteiger partial charge in [0, 0.05) is 6.54 Å². The van der Waals surface area contributed by atoms with E-state index in [0.717, 1.165) is 19.5 Å². The summed E-state index contributed by atoms with van der Waals surface area (Å²) in [6.07, 6.45) is 4.37. The minimum atomic E-state index is 0.205. The molecule has 1 fully saturated rings. The van der Waals surface area contributed by atoms with E-state index in [9.17, 15) is 0 Å². The zero-order chi connectivity index (χ0) is 9.80. The average Bonchev–Trinajstić information content (AvgIpc) is 2.71. The van der Waals surface area contributed by atoms with Gasteiger partial charge in [-0.1, -0.05) is 0 Å². The number of nitrogens with one attached hydrogen (secondary N) is 1. The third kappa shape index (κ3) is 2.11. The van der Waals surface area contributed by atoms with Crippen LogP contribution in [-0.4, -0.2) is 36.3 Å². The van der Waals surface area contributed by atoms with Crippen molar-refractivity contribution in [3.63, 3.8) is 0 Å². The minimum absolute atomic E-state index is 0.205. The molecule has 1 aliphatic heterocycles. The van der Waals surface area contributed by atoms with Crippen LogP contribution < -0.4 is 14.8 Å². The Kier molecular flexibility index (Phi) is 2.78. The number of methoxy groups -OCH3 is 1. The highest BCUT2D eigenvalue weighted by atomic mass is 16.5. The van der Waals surface area contributed by atoms with Gasteiger partial charge in [0.1, 0.15) is 6.10 Å². The molecule has 1 saturated heterocycles. The van der Waals surface area contributed by atoms with Crippen LogP contribution in [0.5, 0.6) is 11.8 Å². The Labute approximate surface area is 82.5 Å². The van der Waals surface area contributed by atoms with Crippen molar-refractivity contribution in [2.75, 3.05) is 20.2 Å². The zero-order valence-corrected chi connectivity index (χ0v) is 8.06. The predicted octanol–water partition coefficient (Wildman–Crippen LogP) is 0.226. The fourth-order valence-corrected chi connectivity index (χ4v) is 1.39. The van der Waals surface area contributed by atoms with Gasteiger partial charge in [0.25, 0.3) is 0 Å². The van der Waals surface area contributed by atoms with Crippen molar-refractivity contribution in [2.24, 2.45) is 0 Å². The number of nitrogens with zero attached hydrogens (tertiary/aromatic N) is 2. The highest BCUT2D eigenvalue weighted by Gasteiger charge is 2.16. The quantitative estimate of drug-likeness (QED) is 0.748. The first-order valence-electron chi connectivity index (χ1n) is 4.62. The van der Waals surface area contributed by atoms with Crippen LogP contribution in [0.3, 0.4) is 0 Å². The van der Waals surface area contributed by atoms with Crippen LogP contribution in [0.25, 0.3) is 0 Å². The smallest absolute Gasteiger partial charge is 0.235 e. The molecule has 1 aromatic heterocycles. The highest BCUT2D eigenvalue weighted by Crippen LogP contribution is 2.14. The molecule has 0 aliphatic carbocycles. The van der Waals surface area contributed by atoms with Crippen molar-refractivity contribution in [1.29, 1.82) is 0 Å². The van der Waals surface area contributed by atoms with Gasteiger partial charge >= 0.3 is 0 Å². The summed E-state index contributed by atoms with van der Waals surface area (Å²) in [6.45, 7) is 1.88. The lowest BCUT2D eigenvalue weighted by Gasteiger charge is -2.10. The molecule has 0 spiro atoms. The summed E-state index contributed by atoms with van der Waals surface area (Å²) < 4.78 is 10.6. The van der Waals surface area contributed by atoms with Crippen LogP contribution in [0.1, 0.15) is 6.42 Å². The summed E-state index contributed by atoms with van der Waals surface area (Å²) in [5, 5.41) is 3.22. The van der Waals surface area contributed by atoms with E-state index in [4.69, 9.17) is 9.47 Å². The highest BCUT2D eigenvalue weighted by molar-refractivity contribution is 5.12. The van der Waals surface area contributed by atoms with Crippen LogP contribution in [0, 0.1) is 0 Å².